The molecular formula is C14H20N2O3S. The van der Waals surface area contributed by atoms with Crippen LogP contribution in [0.3, 0.4) is 0 Å². The van der Waals surface area contributed by atoms with Gasteiger partial charge in [0, 0.05) is 26.2 Å². The lowest BCUT2D eigenvalue weighted by atomic mass is 10.2. The lowest BCUT2D eigenvalue weighted by Crippen LogP contribution is -2.46. The summed E-state index contributed by atoms with van der Waals surface area (Å²) in [5.41, 5.74) is 0.281. The van der Waals surface area contributed by atoms with Gasteiger partial charge in [0.2, 0.25) is 0 Å². The summed E-state index contributed by atoms with van der Waals surface area (Å²) < 4.78 is 24.7. The molecule has 6 heteroatoms. The molecule has 5 nitrogen and oxygen atoms in total. The number of rotatable bonds is 3. The number of hydrogen-bond donors (Lipinski definition) is 1. The van der Waals surface area contributed by atoms with Crippen LogP contribution in [0.2, 0.25) is 0 Å². The van der Waals surface area contributed by atoms with Gasteiger partial charge in [-0.25, -0.2) is 8.42 Å². The number of nitrogens with zero attached hydrogens (tertiary/aromatic N) is 1. The fourth-order valence-electron chi connectivity index (χ4n) is 2.18. The third-order valence-corrected chi connectivity index (χ3v) is 5.66. The molecular weight excluding hydrogens is 276 g/mol. The van der Waals surface area contributed by atoms with Crippen molar-refractivity contribution in [2.75, 3.05) is 26.2 Å². The van der Waals surface area contributed by atoms with Gasteiger partial charge < -0.3 is 10.2 Å². The lowest BCUT2D eigenvalue weighted by molar-refractivity contribution is 0.0732. The lowest BCUT2D eigenvalue weighted by Gasteiger charge is -2.28. The van der Waals surface area contributed by atoms with E-state index in [0.717, 1.165) is 13.1 Å². The fraction of sp³-hybridized carbons (Fsp3) is 0.500. The van der Waals surface area contributed by atoms with Gasteiger partial charge >= 0.3 is 0 Å². The van der Waals surface area contributed by atoms with Crippen LogP contribution in [0.1, 0.15) is 24.2 Å². The minimum atomic E-state index is -3.45. The van der Waals surface area contributed by atoms with E-state index in [4.69, 9.17) is 0 Å². The predicted molar refractivity (Wildman–Crippen MR) is 77.5 cm³/mol. The van der Waals surface area contributed by atoms with Crippen molar-refractivity contribution in [1.29, 1.82) is 0 Å². The Hall–Kier alpha value is -1.40. The maximum absolute atomic E-state index is 12.5. The van der Waals surface area contributed by atoms with Crippen molar-refractivity contribution in [3.63, 3.8) is 0 Å². The van der Waals surface area contributed by atoms with Gasteiger partial charge in [-0.15, -0.1) is 0 Å². The molecule has 1 aliphatic heterocycles. The smallest absolute Gasteiger partial charge is 0.255 e. The van der Waals surface area contributed by atoms with E-state index in [9.17, 15) is 13.2 Å². The Bertz CT molecular complexity index is 590. The summed E-state index contributed by atoms with van der Waals surface area (Å²) in [5, 5.41) is 2.63. The first kappa shape index (κ1) is 15.0. The second-order valence-corrected chi connectivity index (χ2v) is 7.60. The molecule has 0 aliphatic carbocycles. The van der Waals surface area contributed by atoms with Crippen LogP contribution in [-0.4, -0.2) is 50.7 Å². The van der Waals surface area contributed by atoms with Crippen LogP contribution >= 0.6 is 0 Å². The molecule has 2 rings (SSSR count). The molecule has 20 heavy (non-hydrogen) atoms. The van der Waals surface area contributed by atoms with Crippen molar-refractivity contribution in [1.82, 2.24) is 10.2 Å². The standard InChI is InChI=1S/C14H20N2O3S/c1-11(2)20(18,19)13-6-4-3-5-12(13)14(17)16-9-7-15-8-10-16/h3-6,11,15H,7-10H2,1-2H3. The highest BCUT2D eigenvalue weighted by atomic mass is 32.2. The number of carbonyl (C=O) groups excluding carboxylic acids is 1. The summed E-state index contributed by atoms with van der Waals surface area (Å²) in [7, 11) is -3.45. The first-order valence-corrected chi connectivity index (χ1v) is 8.32. The number of hydrogen-bond acceptors (Lipinski definition) is 4. The topological polar surface area (TPSA) is 66.5 Å². The summed E-state index contributed by atoms with van der Waals surface area (Å²) in [6.07, 6.45) is 0. The highest BCUT2D eigenvalue weighted by molar-refractivity contribution is 7.92. The van der Waals surface area contributed by atoms with Gasteiger partial charge in [-0.2, -0.15) is 0 Å². The molecule has 0 atom stereocenters. The minimum Gasteiger partial charge on any atom is -0.336 e. The summed E-state index contributed by atoms with van der Waals surface area (Å²) in [5.74, 6) is -0.202. The van der Waals surface area contributed by atoms with Crippen molar-refractivity contribution in [2.45, 2.75) is 24.0 Å². The number of nitrogens with one attached hydrogen (secondary N) is 1. The van der Waals surface area contributed by atoms with Crippen LogP contribution in [0.25, 0.3) is 0 Å². The molecule has 1 aromatic rings. The largest absolute Gasteiger partial charge is 0.336 e. The fourth-order valence-corrected chi connectivity index (χ4v) is 3.42. The van der Waals surface area contributed by atoms with Crippen molar-refractivity contribution >= 4 is 15.7 Å². The van der Waals surface area contributed by atoms with Crippen LogP contribution in [0.15, 0.2) is 29.2 Å². The van der Waals surface area contributed by atoms with E-state index in [0.29, 0.717) is 13.1 Å². The van der Waals surface area contributed by atoms with Gasteiger partial charge in [0.1, 0.15) is 0 Å². The molecule has 0 spiro atoms. The van der Waals surface area contributed by atoms with E-state index in [1.807, 2.05) is 0 Å². The van der Waals surface area contributed by atoms with E-state index in [-0.39, 0.29) is 16.4 Å². The number of carbonyl (C=O) groups is 1. The molecule has 0 radical (unpaired) electrons. The first-order chi connectivity index (χ1) is 9.44. The normalized spacial score (nSPS) is 16.4. The summed E-state index contributed by atoms with van der Waals surface area (Å²) in [4.78, 5) is 14.4. The number of amides is 1. The molecule has 1 heterocycles. The van der Waals surface area contributed by atoms with Gasteiger partial charge in [-0.1, -0.05) is 12.1 Å². The van der Waals surface area contributed by atoms with E-state index >= 15 is 0 Å². The first-order valence-electron chi connectivity index (χ1n) is 6.77. The Morgan fingerprint density at radius 3 is 2.40 bits per heavy atom. The molecule has 110 valence electrons. The summed E-state index contributed by atoms with van der Waals surface area (Å²) >= 11 is 0. The van der Waals surface area contributed by atoms with Gasteiger partial charge in [0.15, 0.2) is 9.84 Å². The Kier molecular flexibility index (Phi) is 4.45. The zero-order valence-electron chi connectivity index (χ0n) is 11.8. The quantitative estimate of drug-likeness (QED) is 0.900. The van der Waals surface area contributed by atoms with Gasteiger partial charge in [0.05, 0.1) is 15.7 Å². The third-order valence-electron chi connectivity index (χ3n) is 3.45. The molecule has 0 saturated carbocycles. The maximum atomic E-state index is 12.5. The monoisotopic (exact) mass is 296 g/mol. The third kappa shape index (κ3) is 2.86. The van der Waals surface area contributed by atoms with Gasteiger partial charge in [-0.3, -0.25) is 4.79 Å². The molecule has 0 bridgehead atoms. The van der Waals surface area contributed by atoms with Crippen LogP contribution in [0, 0.1) is 0 Å². The molecule has 1 aromatic carbocycles. The van der Waals surface area contributed by atoms with Crippen LogP contribution < -0.4 is 5.32 Å². The number of sulfone groups is 1. The van der Waals surface area contributed by atoms with Crippen LogP contribution in [0.5, 0.6) is 0 Å². The van der Waals surface area contributed by atoms with Crippen molar-refractivity contribution < 1.29 is 13.2 Å². The Morgan fingerprint density at radius 2 is 1.80 bits per heavy atom. The Labute approximate surface area is 119 Å². The zero-order valence-corrected chi connectivity index (χ0v) is 12.6. The van der Waals surface area contributed by atoms with E-state index < -0.39 is 15.1 Å². The summed E-state index contributed by atoms with van der Waals surface area (Å²) in [6, 6.07) is 6.48. The maximum Gasteiger partial charge on any atom is 0.255 e. The van der Waals surface area contributed by atoms with Gasteiger partial charge in [0.25, 0.3) is 5.91 Å². The molecule has 1 N–H and O–H groups in total. The average Bonchev–Trinajstić information content (AvgIpc) is 2.47. The van der Waals surface area contributed by atoms with Crippen LogP contribution in [-0.2, 0) is 9.84 Å². The SMILES string of the molecule is CC(C)S(=O)(=O)c1ccccc1C(=O)N1CCNCC1. The van der Waals surface area contributed by atoms with Crippen molar-refractivity contribution in [3.8, 4) is 0 Å². The zero-order chi connectivity index (χ0) is 14.8. The second kappa shape index (κ2) is 5.93. The number of piperazine rings is 1. The minimum absolute atomic E-state index is 0.138. The van der Waals surface area contributed by atoms with Crippen molar-refractivity contribution in [2.24, 2.45) is 0 Å². The molecule has 0 aromatic heterocycles. The second-order valence-electron chi connectivity index (χ2n) is 5.13. The number of benzene rings is 1. The van der Waals surface area contributed by atoms with Gasteiger partial charge in [-0.05, 0) is 26.0 Å². The summed E-state index contributed by atoms with van der Waals surface area (Å²) in [6.45, 7) is 5.95. The molecule has 1 amide bonds. The molecule has 1 saturated heterocycles. The predicted octanol–water partition coefficient (Wildman–Crippen LogP) is 0.914. The highest BCUT2D eigenvalue weighted by Gasteiger charge is 2.27. The molecule has 0 unspecified atom stereocenters. The highest BCUT2D eigenvalue weighted by Crippen LogP contribution is 2.22. The van der Waals surface area contributed by atoms with E-state index in [1.165, 1.54) is 6.07 Å². The molecule has 1 aliphatic rings. The Morgan fingerprint density at radius 1 is 1.20 bits per heavy atom. The van der Waals surface area contributed by atoms with Crippen LogP contribution in [0.4, 0.5) is 0 Å². The Balaban J connectivity index is 2.40. The van der Waals surface area contributed by atoms with E-state index in [1.54, 1.807) is 36.9 Å². The van der Waals surface area contributed by atoms with E-state index in [2.05, 4.69) is 5.32 Å². The molecule has 1 fully saturated rings. The van der Waals surface area contributed by atoms with Crippen molar-refractivity contribution in [3.05, 3.63) is 29.8 Å². The average molecular weight is 296 g/mol.